The number of rotatable bonds is 11. The Labute approximate surface area is 197 Å². The summed E-state index contributed by atoms with van der Waals surface area (Å²) in [5.74, 6) is 0.138. The Hall–Kier alpha value is -1.76. The average molecular weight is 485 g/mol. The molecule has 2 aromatic carbocycles. The molecule has 168 valence electrons. The van der Waals surface area contributed by atoms with Gasteiger partial charge in [-0.2, -0.15) is 0 Å². The summed E-state index contributed by atoms with van der Waals surface area (Å²) in [6, 6.07) is 10.8. The fraction of sp³-hybridized carbons (Fsp3) is 0.391. The van der Waals surface area contributed by atoms with E-state index in [1.807, 2.05) is 19.9 Å². The zero-order valence-corrected chi connectivity index (χ0v) is 20.0. The van der Waals surface area contributed by atoms with Gasteiger partial charge in [-0.15, -0.1) is 11.8 Å². The second-order valence-corrected chi connectivity index (χ2v) is 8.90. The maximum atomic E-state index is 13.3. The quantitative estimate of drug-likeness (QED) is 0.444. The molecule has 0 heterocycles. The number of hydrogen-bond acceptors (Lipinski definition) is 3. The van der Waals surface area contributed by atoms with E-state index in [9.17, 15) is 14.0 Å². The number of amides is 2. The van der Waals surface area contributed by atoms with Gasteiger partial charge in [0.25, 0.3) is 0 Å². The summed E-state index contributed by atoms with van der Waals surface area (Å²) in [6.07, 6.45) is 1.30. The van der Waals surface area contributed by atoms with E-state index in [4.69, 9.17) is 23.2 Å². The molecular formula is C23H27Cl2FN2O2S. The first-order valence-corrected chi connectivity index (χ1v) is 12.1. The number of hydrogen-bond donors (Lipinski definition) is 1. The van der Waals surface area contributed by atoms with Crippen LogP contribution < -0.4 is 5.32 Å². The Morgan fingerprint density at radius 2 is 1.74 bits per heavy atom. The van der Waals surface area contributed by atoms with Crippen molar-refractivity contribution >= 4 is 46.8 Å². The number of nitrogens with zero attached hydrogens (tertiary/aromatic N) is 1. The largest absolute Gasteiger partial charge is 0.354 e. The number of benzene rings is 2. The van der Waals surface area contributed by atoms with E-state index in [1.54, 1.807) is 29.2 Å². The van der Waals surface area contributed by atoms with Crippen molar-refractivity contribution in [2.75, 3.05) is 12.3 Å². The predicted octanol–water partition coefficient (Wildman–Crippen LogP) is 5.70. The van der Waals surface area contributed by atoms with Gasteiger partial charge in [-0.1, -0.05) is 55.2 Å². The van der Waals surface area contributed by atoms with Crippen LogP contribution in [-0.2, 0) is 21.9 Å². The normalized spacial score (nSPS) is 11.8. The molecule has 0 saturated carbocycles. The van der Waals surface area contributed by atoms with Crippen LogP contribution in [0.15, 0.2) is 42.5 Å². The minimum Gasteiger partial charge on any atom is -0.354 e. The molecule has 0 aliphatic carbocycles. The van der Waals surface area contributed by atoms with E-state index in [1.165, 1.54) is 23.9 Å². The van der Waals surface area contributed by atoms with Gasteiger partial charge in [0.05, 0.1) is 15.8 Å². The lowest BCUT2D eigenvalue weighted by atomic mass is 10.1. The second-order valence-electron chi connectivity index (χ2n) is 7.10. The smallest absolute Gasteiger partial charge is 0.242 e. The van der Waals surface area contributed by atoms with E-state index in [-0.39, 0.29) is 29.9 Å². The molecule has 0 aromatic heterocycles. The topological polar surface area (TPSA) is 49.4 Å². The van der Waals surface area contributed by atoms with Crippen molar-refractivity contribution in [2.45, 2.75) is 45.0 Å². The van der Waals surface area contributed by atoms with Crippen LogP contribution in [0, 0.1) is 5.82 Å². The van der Waals surface area contributed by atoms with Crippen molar-refractivity contribution in [1.29, 1.82) is 0 Å². The molecule has 31 heavy (non-hydrogen) atoms. The van der Waals surface area contributed by atoms with Gasteiger partial charge in [0.2, 0.25) is 11.8 Å². The Morgan fingerprint density at radius 3 is 2.35 bits per heavy atom. The Balaban J connectivity index is 2.10. The third kappa shape index (κ3) is 8.02. The van der Waals surface area contributed by atoms with Crippen molar-refractivity contribution < 1.29 is 14.0 Å². The molecule has 2 amide bonds. The highest BCUT2D eigenvalue weighted by molar-refractivity contribution is 7.99. The van der Waals surface area contributed by atoms with Gasteiger partial charge < -0.3 is 10.2 Å². The van der Waals surface area contributed by atoms with Crippen molar-refractivity contribution in [1.82, 2.24) is 10.2 Å². The highest BCUT2D eigenvalue weighted by atomic mass is 35.5. The van der Waals surface area contributed by atoms with Crippen molar-refractivity contribution in [3.05, 3.63) is 69.5 Å². The van der Waals surface area contributed by atoms with Gasteiger partial charge in [-0.25, -0.2) is 4.39 Å². The molecule has 2 aromatic rings. The molecule has 4 nitrogen and oxygen atoms in total. The Bertz CT molecular complexity index is 880. The number of halogens is 3. The monoisotopic (exact) mass is 484 g/mol. The molecule has 0 aliphatic heterocycles. The summed E-state index contributed by atoms with van der Waals surface area (Å²) < 4.78 is 13.3. The van der Waals surface area contributed by atoms with Gasteiger partial charge >= 0.3 is 0 Å². The highest BCUT2D eigenvalue weighted by Crippen LogP contribution is 2.25. The number of carbonyl (C=O) groups is 2. The first-order valence-electron chi connectivity index (χ1n) is 10.2. The third-order valence-corrected chi connectivity index (χ3v) is 6.41. The molecule has 1 N–H and O–H groups in total. The third-order valence-electron chi connectivity index (χ3n) is 4.68. The van der Waals surface area contributed by atoms with Crippen molar-refractivity contribution in [2.24, 2.45) is 0 Å². The molecule has 2 rings (SSSR count). The van der Waals surface area contributed by atoms with Crippen LogP contribution in [0.3, 0.4) is 0 Å². The van der Waals surface area contributed by atoms with E-state index >= 15 is 0 Å². The number of nitrogens with one attached hydrogen (secondary N) is 1. The van der Waals surface area contributed by atoms with Crippen LogP contribution in [0.25, 0.3) is 0 Å². The Kier molecular flexibility index (Phi) is 10.6. The van der Waals surface area contributed by atoms with Crippen LogP contribution in [0.1, 0.15) is 37.8 Å². The number of thioether (sulfide) groups is 1. The van der Waals surface area contributed by atoms with Gasteiger partial charge in [0.15, 0.2) is 0 Å². The molecule has 0 bridgehead atoms. The maximum absolute atomic E-state index is 13.3. The number of carbonyl (C=O) groups excluding carboxylic acids is 2. The lowest BCUT2D eigenvalue weighted by Crippen LogP contribution is -2.49. The lowest BCUT2D eigenvalue weighted by Gasteiger charge is -2.30. The first-order chi connectivity index (χ1) is 14.8. The van der Waals surface area contributed by atoms with Gasteiger partial charge in [-0.05, 0) is 48.2 Å². The highest BCUT2D eigenvalue weighted by Gasteiger charge is 2.28. The predicted molar refractivity (Wildman–Crippen MR) is 127 cm³/mol. The summed E-state index contributed by atoms with van der Waals surface area (Å²) in [7, 11) is 0. The zero-order valence-electron chi connectivity index (χ0n) is 17.7. The molecule has 0 spiro atoms. The average Bonchev–Trinajstić information content (AvgIpc) is 2.75. The van der Waals surface area contributed by atoms with Crippen molar-refractivity contribution in [3.63, 3.8) is 0 Å². The standard InChI is InChI=1S/C23H27Cl2FN2O2S/c1-3-11-27-23(30)21(4-2)28(13-16-5-8-18(26)9-6-16)22(29)15-31-14-17-7-10-19(24)20(25)12-17/h5-10,12,21H,3-4,11,13-15H2,1-2H3,(H,27,30)/t21-/m0/s1. The van der Waals surface area contributed by atoms with Crippen LogP contribution in [-0.4, -0.2) is 35.1 Å². The van der Waals surface area contributed by atoms with Gasteiger partial charge in [-0.3, -0.25) is 9.59 Å². The van der Waals surface area contributed by atoms with Gasteiger partial charge in [0.1, 0.15) is 11.9 Å². The van der Waals surface area contributed by atoms with Crippen LogP contribution >= 0.6 is 35.0 Å². The van der Waals surface area contributed by atoms with E-state index in [0.29, 0.717) is 28.8 Å². The van der Waals surface area contributed by atoms with Crippen LogP contribution in [0.5, 0.6) is 0 Å². The summed E-state index contributed by atoms with van der Waals surface area (Å²) in [6.45, 7) is 4.65. The van der Waals surface area contributed by atoms with Crippen molar-refractivity contribution in [3.8, 4) is 0 Å². The summed E-state index contributed by atoms with van der Waals surface area (Å²) in [5, 5.41) is 3.84. The van der Waals surface area contributed by atoms with Gasteiger partial charge in [0, 0.05) is 18.8 Å². The first kappa shape index (κ1) is 25.5. The zero-order chi connectivity index (χ0) is 22.8. The fourth-order valence-corrected chi connectivity index (χ4v) is 4.22. The summed E-state index contributed by atoms with van der Waals surface area (Å²) in [4.78, 5) is 27.4. The fourth-order valence-electron chi connectivity index (χ4n) is 3.04. The molecule has 8 heteroatoms. The molecule has 0 radical (unpaired) electrons. The molecular weight excluding hydrogens is 458 g/mol. The summed E-state index contributed by atoms with van der Waals surface area (Å²) in [5.41, 5.74) is 1.73. The van der Waals surface area contributed by atoms with E-state index < -0.39 is 6.04 Å². The molecule has 1 atom stereocenters. The minimum atomic E-state index is -0.588. The minimum absolute atomic E-state index is 0.145. The second kappa shape index (κ2) is 12.9. The van der Waals surface area contributed by atoms with Crippen LogP contribution in [0.4, 0.5) is 4.39 Å². The molecule has 0 saturated heterocycles. The molecule has 0 aliphatic rings. The maximum Gasteiger partial charge on any atom is 0.242 e. The SMILES string of the molecule is CCCNC(=O)[C@H](CC)N(Cc1ccc(F)cc1)C(=O)CSCc1ccc(Cl)c(Cl)c1. The molecule has 0 fully saturated rings. The van der Waals surface area contributed by atoms with E-state index in [0.717, 1.165) is 17.5 Å². The lowest BCUT2D eigenvalue weighted by molar-refractivity contribution is -0.139. The summed E-state index contributed by atoms with van der Waals surface area (Å²) >= 11 is 13.4. The Morgan fingerprint density at radius 1 is 1.06 bits per heavy atom. The van der Waals surface area contributed by atoms with E-state index in [2.05, 4.69) is 5.32 Å². The van der Waals surface area contributed by atoms with Crippen LogP contribution in [0.2, 0.25) is 10.0 Å². The molecule has 0 unspecified atom stereocenters.